The number of rotatable bonds is 8. The van der Waals surface area contributed by atoms with Crippen LogP contribution in [-0.4, -0.2) is 72.7 Å². The van der Waals surface area contributed by atoms with Crippen molar-refractivity contribution in [2.45, 2.75) is 44.4 Å². The summed E-state index contributed by atoms with van der Waals surface area (Å²) in [5.41, 5.74) is 4.13. The van der Waals surface area contributed by atoms with Crippen molar-refractivity contribution in [2.75, 3.05) is 26.7 Å². The number of nitrogens with zero attached hydrogens (tertiary/aromatic N) is 2. The molecule has 0 aromatic heterocycles. The van der Waals surface area contributed by atoms with Crippen molar-refractivity contribution in [3.63, 3.8) is 0 Å². The largest absolute Gasteiger partial charge is 0.487 e. The summed E-state index contributed by atoms with van der Waals surface area (Å²) in [6.45, 7) is 6.67. The molecule has 3 aromatic rings. The number of aromatic carboxylic acids is 1. The summed E-state index contributed by atoms with van der Waals surface area (Å²) in [6.07, 6.45) is -0.343. The van der Waals surface area contributed by atoms with Gasteiger partial charge >= 0.3 is 5.97 Å². The third-order valence-corrected chi connectivity index (χ3v) is 9.22. The number of hydrogen-bond acceptors (Lipinski definition) is 6. The average molecular weight is 553 g/mol. The standard InChI is InChI=1S/C30H36N2O6S/c1-20-5-9-24(10-6-20)26-13-14-29-27(15-26)38-28(21(2)16-32(22(3)19-33)39(29,36)37)18-31(4)17-23-7-11-25(12-8-23)30(34)35/h5-15,21-22,28,33H,16-19H2,1-4H3,(H,34,35)/t21-,22-,28-/m1/s1. The average Bonchev–Trinajstić information content (AvgIpc) is 2.90. The minimum Gasteiger partial charge on any atom is -0.487 e. The molecular formula is C30H36N2O6S. The van der Waals surface area contributed by atoms with E-state index in [1.165, 1.54) is 4.31 Å². The van der Waals surface area contributed by atoms with Crippen LogP contribution < -0.4 is 4.74 Å². The highest BCUT2D eigenvalue weighted by molar-refractivity contribution is 7.89. The van der Waals surface area contributed by atoms with E-state index in [1.54, 1.807) is 49.4 Å². The van der Waals surface area contributed by atoms with Crippen molar-refractivity contribution in [2.24, 2.45) is 5.92 Å². The van der Waals surface area contributed by atoms with Crippen molar-refractivity contribution in [3.05, 3.63) is 83.4 Å². The summed E-state index contributed by atoms with van der Waals surface area (Å²) < 4.78 is 35.4. The van der Waals surface area contributed by atoms with E-state index >= 15 is 0 Å². The summed E-state index contributed by atoms with van der Waals surface area (Å²) >= 11 is 0. The monoisotopic (exact) mass is 552 g/mol. The fourth-order valence-corrected chi connectivity index (χ4v) is 6.63. The lowest BCUT2D eigenvalue weighted by Crippen LogP contribution is -2.49. The molecule has 3 aromatic carbocycles. The zero-order valence-electron chi connectivity index (χ0n) is 22.7. The molecule has 4 rings (SSSR count). The first-order chi connectivity index (χ1) is 18.5. The number of sulfonamides is 1. The molecule has 0 amide bonds. The van der Waals surface area contributed by atoms with Gasteiger partial charge in [-0.05, 0) is 61.9 Å². The fraction of sp³-hybridized carbons (Fsp3) is 0.367. The second kappa shape index (κ2) is 11.9. The molecule has 0 bridgehead atoms. The van der Waals surface area contributed by atoms with Crippen LogP contribution in [0.4, 0.5) is 0 Å². The van der Waals surface area contributed by atoms with Gasteiger partial charge in [-0.3, -0.25) is 4.90 Å². The number of ether oxygens (including phenoxy) is 1. The molecule has 0 saturated carbocycles. The molecule has 0 aliphatic carbocycles. The molecule has 1 aliphatic heterocycles. The first-order valence-corrected chi connectivity index (χ1v) is 14.4. The van der Waals surface area contributed by atoms with E-state index in [-0.39, 0.29) is 35.6 Å². The molecule has 0 spiro atoms. The Morgan fingerprint density at radius 1 is 1.08 bits per heavy atom. The van der Waals surface area contributed by atoms with Crippen LogP contribution >= 0.6 is 0 Å². The Bertz CT molecular complexity index is 1410. The number of aliphatic hydroxyl groups is 1. The summed E-state index contributed by atoms with van der Waals surface area (Å²) in [7, 11) is -1.96. The zero-order valence-corrected chi connectivity index (χ0v) is 23.6. The van der Waals surface area contributed by atoms with Gasteiger partial charge in [-0.2, -0.15) is 4.31 Å². The van der Waals surface area contributed by atoms with Crippen molar-refractivity contribution in [1.82, 2.24) is 9.21 Å². The predicted octanol–water partition coefficient (Wildman–Crippen LogP) is 4.26. The number of aliphatic hydroxyl groups excluding tert-OH is 1. The molecule has 3 atom stereocenters. The van der Waals surface area contributed by atoms with Crippen LogP contribution in [0.2, 0.25) is 0 Å². The maximum Gasteiger partial charge on any atom is 0.335 e. The van der Waals surface area contributed by atoms with Crippen LogP contribution in [0.5, 0.6) is 5.75 Å². The number of carboxylic acids is 1. The van der Waals surface area contributed by atoms with Crippen LogP contribution in [0, 0.1) is 12.8 Å². The van der Waals surface area contributed by atoms with Crippen LogP contribution in [-0.2, 0) is 16.6 Å². The molecule has 0 unspecified atom stereocenters. The Morgan fingerprint density at radius 3 is 2.33 bits per heavy atom. The van der Waals surface area contributed by atoms with Crippen molar-refractivity contribution in [3.8, 4) is 16.9 Å². The van der Waals surface area contributed by atoms with E-state index in [2.05, 4.69) is 4.90 Å². The maximum atomic E-state index is 13.7. The summed E-state index contributed by atoms with van der Waals surface area (Å²) in [4.78, 5) is 13.3. The molecule has 208 valence electrons. The van der Waals surface area contributed by atoms with Gasteiger partial charge in [-0.15, -0.1) is 0 Å². The summed E-state index contributed by atoms with van der Waals surface area (Å²) in [5.74, 6) is -0.854. The van der Waals surface area contributed by atoms with Gasteiger partial charge in [0.2, 0.25) is 10.0 Å². The lowest BCUT2D eigenvalue weighted by Gasteiger charge is -2.37. The first-order valence-electron chi connectivity index (χ1n) is 13.0. The molecule has 0 fully saturated rings. The molecule has 0 radical (unpaired) electrons. The molecule has 39 heavy (non-hydrogen) atoms. The van der Waals surface area contributed by atoms with E-state index in [1.807, 2.05) is 45.2 Å². The molecule has 0 saturated heterocycles. The first kappa shape index (κ1) is 28.8. The molecule has 2 N–H and O–H groups in total. The van der Waals surface area contributed by atoms with E-state index in [9.17, 15) is 18.3 Å². The van der Waals surface area contributed by atoms with E-state index < -0.39 is 22.0 Å². The lowest BCUT2D eigenvalue weighted by molar-refractivity contribution is 0.0697. The highest BCUT2D eigenvalue weighted by atomic mass is 32.2. The van der Waals surface area contributed by atoms with Crippen LogP contribution in [0.3, 0.4) is 0 Å². The minimum atomic E-state index is -3.92. The maximum absolute atomic E-state index is 13.7. The smallest absolute Gasteiger partial charge is 0.335 e. The number of aryl methyl sites for hydroxylation is 1. The quantitative estimate of drug-likeness (QED) is 0.430. The van der Waals surface area contributed by atoms with Gasteiger partial charge in [0.05, 0.1) is 12.2 Å². The van der Waals surface area contributed by atoms with Gasteiger partial charge in [0, 0.05) is 31.6 Å². The van der Waals surface area contributed by atoms with Crippen LogP contribution in [0.1, 0.15) is 35.3 Å². The number of likely N-dealkylation sites (N-methyl/N-ethyl adjacent to an activating group) is 1. The number of benzene rings is 3. The van der Waals surface area contributed by atoms with Crippen molar-refractivity contribution in [1.29, 1.82) is 0 Å². The number of carbonyl (C=O) groups is 1. The Morgan fingerprint density at radius 2 is 1.72 bits per heavy atom. The number of fused-ring (bicyclic) bond motifs is 1. The molecule has 1 aliphatic rings. The summed E-state index contributed by atoms with van der Waals surface area (Å²) in [5, 5.41) is 19.0. The lowest BCUT2D eigenvalue weighted by atomic mass is 10.0. The molecule has 8 nitrogen and oxygen atoms in total. The van der Waals surface area contributed by atoms with E-state index in [0.29, 0.717) is 18.8 Å². The minimum absolute atomic E-state index is 0.0856. The van der Waals surface area contributed by atoms with Gasteiger partial charge in [0.1, 0.15) is 16.7 Å². The van der Waals surface area contributed by atoms with Crippen LogP contribution in [0.25, 0.3) is 11.1 Å². The highest BCUT2D eigenvalue weighted by Gasteiger charge is 2.38. The Hall–Kier alpha value is -3.24. The third-order valence-electron chi connectivity index (χ3n) is 7.20. The van der Waals surface area contributed by atoms with Gasteiger partial charge in [-0.1, -0.05) is 55.0 Å². The Kier molecular flexibility index (Phi) is 8.76. The second-order valence-electron chi connectivity index (χ2n) is 10.5. The summed E-state index contributed by atoms with van der Waals surface area (Å²) in [6, 6.07) is 19.4. The molecule has 9 heteroatoms. The second-order valence-corrected chi connectivity index (χ2v) is 12.3. The number of hydrogen-bond donors (Lipinski definition) is 2. The molecular weight excluding hydrogens is 516 g/mol. The third kappa shape index (κ3) is 6.50. The Balaban J connectivity index is 1.67. The zero-order chi connectivity index (χ0) is 28.3. The van der Waals surface area contributed by atoms with Crippen molar-refractivity contribution < 1.29 is 28.2 Å². The predicted molar refractivity (Wildman–Crippen MR) is 150 cm³/mol. The Labute approximate surface area is 230 Å². The van der Waals surface area contributed by atoms with Gasteiger partial charge in [-0.25, -0.2) is 13.2 Å². The molecule has 1 heterocycles. The topological polar surface area (TPSA) is 107 Å². The SMILES string of the molecule is Cc1ccc(-c2ccc3c(c2)O[C@H](CN(C)Cc2ccc(C(=O)O)cc2)[C@H](C)CN([C@H](C)CO)S3(=O)=O)cc1. The van der Waals surface area contributed by atoms with E-state index in [4.69, 9.17) is 9.84 Å². The fourth-order valence-electron chi connectivity index (χ4n) is 4.81. The number of carboxylic acid groups (broad SMARTS) is 1. The van der Waals surface area contributed by atoms with Gasteiger partial charge in [0.15, 0.2) is 0 Å². The van der Waals surface area contributed by atoms with Crippen LogP contribution in [0.15, 0.2) is 71.6 Å². The van der Waals surface area contributed by atoms with Gasteiger partial charge < -0.3 is 14.9 Å². The van der Waals surface area contributed by atoms with Gasteiger partial charge in [0.25, 0.3) is 0 Å². The van der Waals surface area contributed by atoms with E-state index in [0.717, 1.165) is 22.3 Å². The normalized spacial score (nSPS) is 19.9. The van der Waals surface area contributed by atoms with Crippen molar-refractivity contribution >= 4 is 16.0 Å². The highest BCUT2D eigenvalue weighted by Crippen LogP contribution is 2.36.